The number of amides is 1. The Balaban J connectivity index is 1.39. The number of hydrogen-bond donors (Lipinski definition) is 1. The minimum Gasteiger partial charge on any atom is -0.382 e. The normalized spacial score (nSPS) is 15.7. The van der Waals surface area contributed by atoms with Crippen molar-refractivity contribution in [2.45, 2.75) is 19.1 Å². The first-order valence-corrected chi connectivity index (χ1v) is 9.00. The van der Waals surface area contributed by atoms with Crippen molar-refractivity contribution in [3.8, 4) is 0 Å². The largest absolute Gasteiger partial charge is 0.382 e. The van der Waals surface area contributed by atoms with Gasteiger partial charge in [0.2, 0.25) is 12.1 Å². The van der Waals surface area contributed by atoms with Crippen molar-refractivity contribution in [3.63, 3.8) is 0 Å². The Hall–Kier alpha value is -3.33. The molecule has 2 aromatic carbocycles. The molecule has 1 N–H and O–H groups in total. The molecule has 148 valence electrons. The van der Waals surface area contributed by atoms with Crippen LogP contribution in [0.2, 0.25) is 5.02 Å². The summed E-state index contributed by atoms with van der Waals surface area (Å²) in [4.78, 5) is 21.5. The molecule has 0 spiro atoms. The Morgan fingerprint density at radius 3 is 2.79 bits per heavy atom. The van der Waals surface area contributed by atoms with Gasteiger partial charge in [-0.15, -0.1) is 5.10 Å². The number of aromatic nitrogens is 3. The Morgan fingerprint density at radius 2 is 2.00 bits per heavy atom. The number of benzene rings is 2. The van der Waals surface area contributed by atoms with Crippen LogP contribution < -0.4 is 5.32 Å². The maximum absolute atomic E-state index is 14.0. The van der Waals surface area contributed by atoms with Crippen molar-refractivity contribution in [2.75, 3.05) is 5.32 Å². The van der Waals surface area contributed by atoms with E-state index in [0.717, 1.165) is 0 Å². The van der Waals surface area contributed by atoms with Crippen LogP contribution in [0.25, 0.3) is 0 Å². The molecule has 1 aliphatic rings. The summed E-state index contributed by atoms with van der Waals surface area (Å²) in [7, 11) is 0. The molecule has 3 aromatic rings. The van der Waals surface area contributed by atoms with Gasteiger partial charge in [-0.25, -0.2) is 18.4 Å². The van der Waals surface area contributed by atoms with E-state index in [0.29, 0.717) is 5.56 Å². The van der Waals surface area contributed by atoms with Gasteiger partial charge in [-0.3, -0.25) is 10.1 Å². The second-order valence-corrected chi connectivity index (χ2v) is 6.69. The van der Waals surface area contributed by atoms with Crippen LogP contribution in [-0.4, -0.2) is 32.5 Å². The van der Waals surface area contributed by atoms with E-state index in [-0.39, 0.29) is 41.0 Å². The maximum Gasteiger partial charge on any atom is 0.271 e. The molecule has 1 aliphatic heterocycles. The molecule has 0 saturated heterocycles. The number of hydrogen-bond acceptors (Lipinski definition) is 5. The van der Waals surface area contributed by atoms with Crippen LogP contribution in [0.15, 0.2) is 53.9 Å². The molecule has 10 heteroatoms. The molecule has 29 heavy (non-hydrogen) atoms. The van der Waals surface area contributed by atoms with Gasteiger partial charge in [-0.1, -0.05) is 41.0 Å². The molecule has 1 unspecified atom stereocenters. The van der Waals surface area contributed by atoms with Gasteiger partial charge in [0.25, 0.3) is 5.91 Å². The third-order valence-corrected chi connectivity index (χ3v) is 4.59. The number of nitrogens with zero attached hydrogens (tertiary/aromatic N) is 4. The zero-order valence-corrected chi connectivity index (χ0v) is 15.6. The monoisotopic (exact) mass is 417 g/mol. The molecule has 0 saturated carbocycles. The van der Waals surface area contributed by atoms with Gasteiger partial charge in [0.05, 0.1) is 22.8 Å². The minimum atomic E-state index is -0.973. The van der Waals surface area contributed by atoms with Crippen LogP contribution in [0.4, 0.5) is 14.7 Å². The summed E-state index contributed by atoms with van der Waals surface area (Å²) in [5.74, 6) is -1.41. The lowest BCUT2D eigenvalue weighted by Gasteiger charge is -2.07. The number of anilines is 1. The number of carbonyl (C=O) groups is 1. The zero-order chi connectivity index (χ0) is 20.4. The SMILES string of the molecule is O=C(Nc1ncn(Cc2ccccc2F)n1)C1CC(c2c(F)cccc2Cl)=NO1. The Morgan fingerprint density at radius 1 is 1.21 bits per heavy atom. The summed E-state index contributed by atoms with van der Waals surface area (Å²) >= 11 is 6.02. The molecule has 0 aliphatic carbocycles. The van der Waals surface area contributed by atoms with E-state index in [2.05, 4.69) is 20.6 Å². The van der Waals surface area contributed by atoms with Crippen LogP contribution >= 0.6 is 11.6 Å². The van der Waals surface area contributed by atoms with Gasteiger partial charge in [0.1, 0.15) is 18.0 Å². The molecule has 1 amide bonds. The summed E-state index contributed by atoms with van der Waals surface area (Å²) in [6.45, 7) is 0.161. The average molecular weight is 418 g/mol. The number of rotatable bonds is 5. The molecule has 0 radical (unpaired) electrons. The highest BCUT2D eigenvalue weighted by Crippen LogP contribution is 2.25. The molecule has 7 nitrogen and oxygen atoms in total. The highest BCUT2D eigenvalue weighted by Gasteiger charge is 2.31. The van der Waals surface area contributed by atoms with Crippen LogP contribution in [0.5, 0.6) is 0 Å². The first-order chi connectivity index (χ1) is 14.0. The maximum atomic E-state index is 14.0. The quantitative estimate of drug-likeness (QED) is 0.690. The van der Waals surface area contributed by atoms with E-state index >= 15 is 0 Å². The standard InChI is InChI=1S/C19H14ClF2N5O2/c20-12-5-3-7-14(22)17(12)15-8-16(29-26-15)18(28)24-19-23-10-27(25-19)9-11-4-1-2-6-13(11)21/h1-7,10,16H,8-9H2,(H,24,25,28). The van der Waals surface area contributed by atoms with Crippen molar-refractivity contribution in [1.82, 2.24) is 14.8 Å². The van der Waals surface area contributed by atoms with E-state index in [9.17, 15) is 13.6 Å². The fraction of sp³-hybridized carbons (Fsp3) is 0.158. The van der Waals surface area contributed by atoms with Crippen molar-refractivity contribution in [3.05, 3.63) is 76.6 Å². The fourth-order valence-electron chi connectivity index (χ4n) is 2.86. The van der Waals surface area contributed by atoms with E-state index < -0.39 is 17.8 Å². The molecule has 2 heterocycles. The Bertz CT molecular complexity index is 1080. The van der Waals surface area contributed by atoms with Crippen molar-refractivity contribution >= 4 is 29.2 Å². The third kappa shape index (κ3) is 4.09. The van der Waals surface area contributed by atoms with Gasteiger partial charge < -0.3 is 4.84 Å². The molecule has 1 atom stereocenters. The van der Waals surface area contributed by atoms with Crippen molar-refractivity contribution in [2.24, 2.45) is 5.16 Å². The molecule has 1 aromatic heterocycles. The van der Waals surface area contributed by atoms with Crippen molar-refractivity contribution in [1.29, 1.82) is 0 Å². The lowest BCUT2D eigenvalue weighted by atomic mass is 10.0. The van der Waals surface area contributed by atoms with E-state index in [1.54, 1.807) is 18.2 Å². The molecular weight excluding hydrogens is 404 g/mol. The second-order valence-electron chi connectivity index (χ2n) is 6.28. The zero-order valence-electron chi connectivity index (χ0n) is 14.8. The molecule has 4 rings (SSSR count). The lowest BCUT2D eigenvalue weighted by molar-refractivity contribution is -0.125. The van der Waals surface area contributed by atoms with Gasteiger partial charge in [-0.05, 0) is 18.2 Å². The highest BCUT2D eigenvalue weighted by molar-refractivity contribution is 6.34. The van der Waals surface area contributed by atoms with Gasteiger partial charge >= 0.3 is 0 Å². The number of carbonyl (C=O) groups excluding carboxylic acids is 1. The van der Waals surface area contributed by atoms with E-state index in [4.69, 9.17) is 16.4 Å². The summed E-state index contributed by atoms with van der Waals surface area (Å²) in [5, 5.41) is 10.6. The van der Waals surface area contributed by atoms with Crippen LogP contribution in [0.1, 0.15) is 17.5 Å². The molecular formula is C19H14ClF2N5O2. The van der Waals surface area contributed by atoms with Gasteiger partial charge in [0.15, 0.2) is 0 Å². The number of nitrogens with one attached hydrogen (secondary N) is 1. The minimum absolute atomic E-state index is 0.0345. The number of oxime groups is 1. The van der Waals surface area contributed by atoms with Gasteiger partial charge in [-0.2, -0.15) is 0 Å². The van der Waals surface area contributed by atoms with Crippen LogP contribution in [-0.2, 0) is 16.2 Å². The average Bonchev–Trinajstić information content (AvgIpc) is 3.33. The van der Waals surface area contributed by atoms with E-state index in [1.165, 1.54) is 35.3 Å². The van der Waals surface area contributed by atoms with Crippen LogP contribution in [0, 0.1) is 11.6 Å². The first kappa shape index (κ1) is 19.0. The molecule has 0 bridgehead atoms. The summed E-state index contributed by atoms with van der Waals surface area (Å²) < 4.78 is 29.1. The smallest absolute Gasteiger partial charge is 0.271 e. The van der Waals surface area contributed by atoms with E-state index in [1.807, 2.05) is 0 Å². The third-order valence-electron chi connectivity index (χ3n) is 4.27. The highest BCUT2D eigenvalue weighted by atomic mass is 35.5. The van der Waals surface area contributed by atoms with Gasteiger partial charge in [0, 0.05) is 12.0 Å². The number of halogens is 3. The predicted octanol–water partition coefficient (Wildman–Crippen LogP) is 3.39. The first-order valence-electron chi connectivity index (χ1n) is 8.62. The predicted molar refractivity (Wildman–Crippen MR) is 102 cm³/mol. The van der Waals surface area contributed by atoms with Crippen molar-refractivity contribution < 1.29 is 18.4 Å². The van der Waals surface area contributed by atoms with Crippen LogP contribution in [0.3, 0.4) is 0 Å². The lowest BCUT2D eigenvalue weighted by Crippen LogP contribution is -2.28. The summed E-state index contributed by atoms with van der Waals surface area (Å²) in [6, 6.07) is 10.6. The topological polar surface area (TPSA) is 81.4 Å². The summed E-state index contributed by atoms with van der Waals surface area (Å²) in [5.41, 5.74) is 0.789. The second kappa shape index (κ2) is 7.96. The fourth-order valence-corrected chi connectivity index (χ4v) is 3.13. The summed E-state index contributed by atoms with van der Waals surface area (Å²) in [6.07, 6.45) is 0.445. The molecule has 0 fully saturated rings. The Kier molecular flexibility index (Phi) is 5.22. The Labute approximate surface area is 168 Å².